The molecule has 0 spiro atoms. The Morgan fingerprint density at radius 2 is 2.06 bits per heavy atom. The van der Waals surface area contributed by atoms with E-state index in [1.54, 1.807) is 0 Å². The van der Waals surface area contributed by atoms with Gasteiger partial charge in [-0.25, -0.2) is 4.79 Å². The fourth-order valence-corrected chi connectivity index (χ4v) is 2.80. The van der Waals surface area contributed by atoms with Crippen molar-refractivity contribution in [2.45, 2.75) is 18.1 Å². The fraction of sp³-hybridized carbons (Fsp3) is 0.417. The molecule has 0 bridgehead atoms. The van der Waals surface area contributed by atoms with Gasteiger partial charge < -0.3 is 10.2 Å². The highest BCUT2D eigenvalue weighted by Crippen LogP contribution is 2.59. The van der Waals surface area contributed by atoms with Gasteiger partial charge in [0.05, 0.1) is 11.6 Å². The molecule has 3 rings (SSSR count). The number of aliphatic hydroxyl groups is 1. The predicted molar refractivity (Wildman–Crippen MR) is 57.0 cm³/mol. The zero-order valence-electron chi connectivity index (χ0n) is 8.71. The van der Waals surface area contributed by atoms with Crippen LogP contribution in [0, 0.1) is 5.92 Å². The van der Waals surface area contributed by atoms with Crippen molar-refractivity contribution in [2.75, 3.05) is 6.54 Å². The molecule has 1 aromatic carbocycles. The summed E-state index contributed by atoms with van der Waals surface area (Å²) in [6.45, 7) is 0.450. The number of nitrogens with zero attached hydrogens (tertiary/aromatic N) is 1. The molecule has 2 N–H and O–H groups in total. The third kappa shape index (κ3) is 1.16. The number of piperidine rings is 1. The first-order chi connectivity index (χ1) is 7.63. The monoisotopic (exact) mass is 219 g/mol. The maximum Gasteiger partial charge on any atom is 0.407 e. The Morgan fingerprint density at radius 3 is 2.69 bits per heavy atom. The number of likely N-dealkylation sites (tertiary alicyclic amines) is 1. The summed E-state index contributed by atoms with van der Waals surface area (Å²) in [5.74, 6) is 0.119. The predicted octanol–water partition coefficient (Wildman–Crippen LogP) is 1.47. The molecule has 1 unspecified atom stereocenters. The molecule has 84 valence electrons. The summed E-state index contributed by atoms with van der Waals surface area (Å²) >= 11 is 0. The maximum absolute atomic E-state index is 11.1. The highest BCUT2D eigenvalue weighted by Gasteiger charge is 2.66. The SMILES string of the molecule is O=C(O)N1CC2C[C@@]2(O)[C@@H]1c1ccccc1. The van der Waals surface area contributed by atoms with E-state index in [1.807, 2.05) is 30.3 Å². The Morgan fingerprint density at radius 1 is 1.38 bits per heavy atom. The van der Waals surface area contributed by atoms with Crippen LogP contribution in [0.1, 0.15) is 18.0 Å². The van der Waals surface area contributed by atoms with Gasteiger partial charge in [0.2, 0.25) is 0 Å². The van der Waals surface area contributed by atoms with Crippen molar-refractivity contribution in [2.24, 2.45) is 5.92 Å². The van der Waals surface area contributed by atoms with Crippen LogP contribution in [0.15, 0.2) is 30.3 Å². The molecule has 2 fully saturated rings. The number of hydrogen-bond acceptors (Lipinski definition) is 2. The average Bonchev–Trinajstić information content (AvgIpc) is 2.82. The first kappa shape index (κ1) is 9.66. The van der Waals surface area contributed by atoms with E-state index in [0.29, 0.717) is 6.54 Å². The van der Waals surface area contributed by atoms with E-state index in [0.717, 1.165) is 12.0 Å². The van der Waals surface area contributed by atoms with Crippen molar-refractivity contribution in [3.8, 4) is 0 Å². The topological polar surface area (TPSA) is 60.8 Å². The van der Waals surface area contributed by atoms with Gasteiger partial charge in [-0.2, -0.15) is 0 Å². The molecule has 1 heterocycles. The third-order valence-corrected chi connectivity index (χ3v) is 3.68. The standard InChI is InChI=1S/C12H13NO3/c14-11(15)13-7-9-6-12(9,16)10(13)8-4-2-1-3-5-8/h1-5,9-10,16H,6-7H2,(H,14,15)/t9?,10-,12-/m0/s1. The van der Waals surface area contributed by atoms with E-state index in [9.17, 15) is 9.90 Å². The summed E-state index contributed by atoms with van der Waals surface area (Å²) < 4.78 is 0. The van der Waals surface area contributed by atoms with Gasteiger partial charge in [-0.15, -0.1) is 0 Å². The number of rotatable bonds is 1. The quantitative estimate of drug-likeness (QED) is 0.752. The molecule has 1 aliphatic carbocycles. The fourth-order valence-electron chi connectivity index (χ4n) is 2.80. The van der Waals surface area contributed by atoms with Crippen LogP contribution in [0.4, 0.5) is 4.79 Å². The maximum atomic E-state index is 11.1. The van der Waals surface area contributed by atoms with E-state index in [4.69, 9.17) is 5.11 Å². The summed E-state index contributed by atoms with van der Waals surface area (Å²) in [6.07, 6.45) is -0.231. The van der Waals surface area contributed by atoms with Crippen molar-refractivity contribution in [3.05, 3.63) is 35.9 Å². The zero-order valence-corrected chi connectivity index (χ0v) is 8.71. The van der Waals surface area contributed by atoms with Crippen LogP contribution in [0.25, 0.3) is 0 Å². The minimum absolute atomic E-state index is 0.119. The van der Waals surface area contributed by atoms with Gasteiger partial charge in [0.15, 0.2) is 0 Å². The van der Waals surface area contributed by atoms with Crippen LogP contribution in [-0.2, 0) is 0 Å². The minimum atomic E-state index is -0.950. The molecule has 4 heteroatoms. The third-order valence-electron chi connectivity index (χ3n) is 3.68. The van der Waals surface area contributed by atoms with Gasteiger partial charge in [0.25, 0.3) is 0 Å². The van der Waals surface area contributed by atoms with E-state index < -0.39 is 17.7 Å². The lowest BCUT2D eigenvalue weighted by Crippen LogP contribution is -2.36. The first-order valence-corrected chi connectivity index (χ1v) is 5.40. The normalized spacial score (nSPS) is 35.9. The van der Waals surface area contributed by atoms with Gasteiger partial charge in [0, 0.05) is 12.5 Å². The summed E-state index contributed by atoms with van der Waals surface area (Å²) in [7, 11) is 0. The summed E-state index contributed by atoms with van der Waals surface area (Å²) in [6, 6.07) is 8.98. The zero-order chi connectivity index (χ0) is 11.3. The van der Waals surface area contributed by atoms with Crippen molar-refractivity contribution >= 4 is 6.09 Å². The molecular weight excluding hydrogens is 206 g/mol. The van der Waals surface area contributed by atoms with Gasteiger partial charge in [0.1, 0.15) is 0 Å². The second kappa shape index (κ2) is 2.98. The van der Waals surface area contributed by atoms with Crippen LogP contribution in [0.3, 0.4) is 0 Å². The summed E-state index contributed by atoms with van der Waals surface area (Å²) in [4.78, 5) is 12.5. The Bertz CT molecular complexity index is 433. The van der Waals surface area contributed by atoms with Crippen molar-refractivity contribution in [1.82, 2.24) is 4.90 Å². The Hall–Kier alpha value is -1.55. The number of carbonyl (C=O) groups is 1. The average molecular weight is 219 g/mol. The summed E-state index contributed by atoms with van der Waals surface area (Å²) in [5.41, 5.74) is 0.0622. The molecule has 16 heavy (non-hydrogen) atoms. The van der Waals surface area contributed by atoms with Crippen LogP contribution in [0.2, 0.25) is 0 Å². The molecule has 1 amide bonds. The van der Waals surface area contributed by atoms with Crippen LogP contribution < -0.4 is 0 Å². The largest absolute Gasteiger partial charge is 0.465 e. The summed E-state index contributed by atoms with van der Waals surface area (Å²) in [5, 5.41) is 19.4. The second-order valence-electron chi connectivity index (χ2n) is 4.64. The second-order valence-corrected chi connectivity index (χ2v) is 4.64. The highest BCUT2D eigenvalue weighted by atomic mass is 16.4. The van der Waals surface area contributed by atoms with E-state index in [1.165, 1.54) is 4.90 Å². The van der Waals surface area contributed by atoms with E-state index >= 15 is 0 Å². The lowest BCUT2D eigenvalue weighted by atomic mass is 10.00. The van der Waals surface area contributed by atoms with Gasteiger partial charge >= 0.3 is 6.09 Å². The van der Waals surface area contributed by atoms with Crippen molar-refractivity contribution < 1.29 is 15.0 Å². The first-order valence-electron chi connectivity index (χ1n) is 5.40. The highest BCUT2D eigenvalue weighted by molar-refractivity contribution is 5.67. The molecule has 0 aromatic heterocycles. The van der Waals surface area contributed by atoms with Gasteiger partial charge in [-0.3, -0.25) is 4.90 Å². The van der Waals surface area contributed by atoms with Gasteiger partial charge in [-0.1, -0.05) is 30.3 Å². The molecule has 3 atom stereocenters. The number of benzene rings is 1. The molecule has 1 aromatic rings. The number of carboxylic acid groups (broad SMARTS) is 1. The van der Waals surface area contributed by atoms with Crippen LogP contribution in [-0.4, -0.2) is 33.4 Å². The van der Waals surface area contributed by atoms with E-state index in [2.05, 4.69) is 0 Å². The van der Waals surface area contributed by atoms with Crippen molar-refractivity contribution in [1.29, 1.82) is 0 Å². The molecule has 1 saturated carbocycles. The molecule has 1 saturated heterocycles. The number of hydrogen-bond donors (Lipinski definition) is 2. The number of fused-ring (bicyclic) bond motifs is 1. The molecule has 0 radical (unpaired) electrons. The van der Waals surface area contributed by atoms with Gasteiger partial charge in [-0.05, 0) is 12.0 Å². The molecule has 4 nitrogen and oxygen atoms in total. The Labute approximate surface area is 93.1 Å². The lowest BCUT2D eigenvalue weighted by Gasteiger charge is -2.27. The van der Waals surface area contributed by atoms with Crippen LogP contribution >= 0.6 is 0 Å². The molecule has 2 aliphatic rings. The minimum Gasteiger partial charge on any atom is -0.465 e. The van der Waals surface area contributed by atoms with Crippen molar-refractivity contribution in [3.63, 3.8) is 0 Å². The van der Waals surface area contributed by atoms with Crippen LogP contribution in [0.5, 0.6) is 0 Å². The lowest BCUT2D eigenvalue weighted by molar-refractivity contribution is 0.0638. The Kier molecular flexibility index (Phi) is 1.80. The Balaban J connectivity index is 2.00. The smallest absolute Gasteiger partial charge is 0.407 e. The molecular formula is C12H13NO3. The number of amides is 1. The van der Waals surface area contributed by atoms with E-state index in [-0.39, 0.29) is 5.92 Å². The molecule has 1 aliphatic heterocycles.